The Balaban J connectivity index is 0.00000225. The molecular formula is C11H24IN3O. The van der Waals surface area contributed by atoms with Crippen molar-refractivity contribution in [2.45, 2.75) is 32.6 Å². The number of ether oxygens (including phenoxy) is 1. The fourth-order valence-corrected chi connectivity index (χ4v) is 1.98. The fourth-order valence-electron chi connectivity index (χ4n) is 1.98. The summed E-state index contributed by atoms with van der Waals surface area (Å²) in [6.07, 6.45) is 5.02. The summed E-state index contributed by atoms with van der Waals surface area (Å²) < 4.78 is 5.41. The van der Waals surface area contributed by atoms with Crippen molar-refractivity contribution in [2.24, 2.45) is 16.1 Å². The third kappa shape index (κ3) is 4.86. The van der Waals surface area contributed by atoms with Crippen molar-refractivity contribution in [3.63, 3.8) is 0 Å². The average Bonchev–Trinajstić information content (AvgIpc) is 2.20. The minimum Gasteiger partial charge on any atom is -0.382 e. The lowest BCUT2D eigenvalue weighted by Gasteiger charge is -2.42. The third-order valence-electron chi connectivity index (χ3n) is 3.28. The fraction of sp³-hybridized carbons (Fsp3) is 0.909. The Morgan fingerprint density at radius 1 is 1.50 bits per heavy atom. The van der Waals surface area contributed by atoms with Crippen LogP contribution in [0.3, 0.4) is 0 Å². The molecule has 96 valence electrons. The smallest absolute Gasteiger partial charge is 0.188 e. The molecule has 0 aromatic carbocycles. The molecule has 0 aromatic rings. The minimum absolute atomic E-state index is 0. The van der Waals surface area contributed by atoms with Crippen LogP contribution in [0.1, 0.15) is 32.6 Å². The molecule has 1 rings (SSSR count). The molecule has 1 fully saturated rings. The lowest BCUT2D eigenvalue weighted by Crippen LogP contribution is -2.45. The van der Waals surface area contributed by atoms with Crippen molar-refractivity contribution in [1.29, 1.82) is 0 Å². The standard InChI is InChI=1S/C11H23N3O.HI/c1-3-15-8-7-11(5-4-6-11)9-14-10(12)13-2;/h3-9H2,1-2H3,(H3,12,13,14);1H. The molecule has 1 aliphatic rings. The first kappa shape index (κ1) is 16.0. The van der Waals surface area contributed by atoms with Crippen LogP contribution < -0.4 is 11.1 Å². The number of nitrogens with two attached hydrogens (primary N) is 1. The molecule has 16 heavy (non-hydrogen) atoms. The minimum atomic E-state index is 0. The van der Waals surface area contributed by atoms with Gasteiger partial charge in [-0.15, -0.1) is 24.0 Å². The van der Waals surface area contributed by atoms with Gasteiger partial charge < -0.3 is 15.8 Å². The second kappa shape index (κ2) is 8.11. The quantitative estimate of drug-likeness (QED) is 0.335. The molecule has 0 aromatic heterocycles. The van der Waals surface area contributed by atoms with Crippen LogP contribution in [0, 0.1) is 5.41 Å². The van der Waals surface area contributed by atoms with Crippen molar-refractivity contribution >= 4 is 29.9 Å². The summed E-state index contributed by atoms with van der Waals surface area (Å²) >= 11 is 0. The molecule has 0 bridgehead atoms. The van der Waals surface area contributed by atoms with E-state index in [1.807, 2.05) is 6.92 Å². The predicted molar refractivity (Wildman–Crippen MR) is 78.4 cm³/mol. The van der Waals surface area contributed by atoms with Gasteiger partial charge in [0.05, 0.1) is 0 Å². The van der Waals surface area contributed by atoms with Gasteiger partial charge in [-0.3, -0.25) is 4.99 Å². The van der Waals surface area contributed by atoms with Crippen LogP contribution >= 0.6 is 24.0 Å². The van der Waals surface area contributed by atoms with Gasteiger partial charge in [0.1, 0.15) is 0 Å². The van der Waals surface area contributed by atoms with E-state index in [0.29, 0.717) is 11.4 Å². The highest BCUT2D eigenvalue weighted by molar-refractivity contribution is 14.0. The first-order chi connectivity index (χ1) is 7.22. The summed E-state index contributed by atoms with van der Waals surface area (Å²) in [6.45, 7) is 4.64. The molecule has 0 radical (unpaired) electrons. The van der Waals surface area contributed by atoms with Crippen molar-refractivity contribution in [2.75, 3.05) is 26.8 Å². The second-order valence-corrected chi connectivity index (χ2v) is 4.26. The largest absolute Gasteiger partial charge is 0.382 e. The number of halogens is 1. The van der Waals surface area contributed by atoms with Crippen LogP contribution in [0.5, 0.6) is 0 Å². The molecule has 4 nitrogen and oxygen atoms in total. The normalized spacial score (nSPS) is 18.5. The van der Waals surface area contributed by atoms with E-state index in [9.17, 15) is 0 Å². The second-order valence-electron chi connectivity index (χ2n) is 4.26. The third-order valence-corrected chi connectivity index (χ3v) is 3.28. The monoisotopic (exact) mass is 341 g/mol. The van der Waals surface area contributed by atoms with Crippen LogP contribution in [-0.4, -0.2) is 32.8 Å². The van der Waals surface area contributed by atoms with Gasteiger partial charge in [-0.25, -0.2) is 0 Å². The highest BCUT2D eigenvalue weighted by atomic mass is 127. The molecule has 1 aliphatic carbocycles. The number of rotatable bonds is 6. The molecule has 0 spiro atoms. The summed E-state index contributed by atoms with van der Waals surface area (Å²) in [7, 11) is 1.70. The van der Waals surface area contributed by atoms with Gasteiger partial charge in [-0.2, -0.15) is 0 Å². The Labute approximate surface area is 115 Å². The van der Waals surface area contributed by atoms with E-state index in [-0.39, 0.29) is 24.0 Å². The van der Waals surface area contributed by atoms with Crippen molar-refractivity contribution in [3.05, 3.63) is 0 Å². The zero-order valence-corrected chi connectivity index (χ0v) is 12.6. The average molecular weight is 341 g/mol. The van der Waals surface area contributed by atoms with Gasteiger partial charge in [0.2, 0.25) is 0 Å². The van der Waals surface area contributed by atoms with Crippen molar-refractivity contribution < 1.29 is 4.74 Å². The molecular weight excluding hydrogens is 317 g/mol. The van der Waals surface area contributed by atoms with E-state index in [2.05, 4.69) is 10.3 Å². The van der Waals surface area contributed by atoms with E-state index in [1.54, 1.807) is 7.05 Å². The molecule has 5 heteroatoms. The molecule has 0 unspecified atom stereocenters. The predicted octanol–water partition coefficient (Wildman–Crippen LogP) is 1.74. The molecule has 0 heterocycles. The summed E-state index contributed by atoms with van der Waals surface area (Å²) in [5.74, 6) is 0.540. The van der Waals surface area contributed by atoms with Gasteiger partial charge in [0, 0.05) is 26.8 Å². The van der Waals surface area contributed by atoms with Gasteiger partial charge >= 0.3 is 0 Å². The number of hydrogen-bond donors (Lipinski definition) is 2. The maximum absolute atomic E-state index is 5.62. The molecule has 3 N–H and O–H groups in total. The van der Waals surface area contributed by atoms with Crippen LogP contribution in [0.2, 0.25) is 0 Å². The van der Waals surface area contributed by atoms with E-state index < -0.39 is 0 Å². The molecule has 0 aliphatic heterocycles. The topological polar surface area (TPSA) is 59.6 Å². The zero-order valence-electron chi connectivity index (χ0n) is 10.3. The maximum Gasteiger partial charge on any atom is 0.188 e. The Bertz CT molecular complexity index is 217. The SMILES string of the molecule is CCOCCC1(CNC(N)=NC)CCC1.I. The molecule has 0 amide bonds. The number of nitrogens with one attached hydrogen (secondary N) is 1. The Morgan fingerprint density at radius 2 is 2.19 bits per heavy atom. The summed E-state index contributed by atoms with van der Waals surface area (Å²) in [5, 5.41) is 3.17. The zero-order chi connectivity index (χ0) is 11.1. The van der Waals surface area contributed by atoms with Crippen LogP contribution in [-0.2, 0) is 4.74 Å². The maximum atomic E-state index is 5.62. The number of aliphatic imine (C=N–C) groups is 1. The van der Waals surface area contributed by atoms with Crippen molar-refractivity contribution in [1.82, 2.24) is 5.32 Å². The molecule has 0 saturated heterocycles. The first-order valence-corrected chi connectivity index (χ1v) is 5.76. The Hall–Kier alpha value is -0.0400. The highest BCUT2D eigenvalue weighted by Gasteiger charge is 2.36. The Morgan fingerprint density at radius 3 is 2.62 bits per heavy atom. The van der Waals surface area contributed by atoms with Gasteiger partial charge in [-0.05, 0) is 31.6 Å². The molecule has 1 saturated carbocycles. The Kier molecular flexibility index (Phi) is 8.09. The lowest BCUT2D eigenvalue weighted by atomic mass is 9.67. The highest BCUT2D eigenvalue weighted by Crippen LogP contribution is 2.43. The first-order valence-electron chi connectivity index (χ1n) is 5.76. The van der Waals surface area contributed by atoms with Gasteiger partial charge in [0.15, 0.2) is 5.96 Å². The van der Waals surface area contributed by atoms with E-state index in [1.165, 1.54) is 19.3 Å². The van der Waals surface area contributed by atoms with E-state index in [4.69, 9.17) is 10.5 Å². The van der Waals surface area contributed by atoms with E-state index >= 15 is 0 Å². The van der Waals surface area contributed by atoms with Gasteiger partial charge in [0.25, 0.3) is 0 Å². The lowest BCUT2D eigenvalue weighted by molar-refractivity contribution is 0.0573. The summed E-state index contributed by atoms with van der Waals surface area (Å²) in [4.78, 5) is 3.90. The number of hydrogen-bond acceptors (Lipinski definition) is 2. The van der Waals surface area contributed by atoms with Gasteiger partial charge in [-0.1, -0.05) is 6.42 Å². The number of nitrogens with zero attached hydrogens (tertiary/aromatic N) is 1. The summed E-state index contributed by atoms with van der Waals surface area (Å²) in [6, 6.07) is 0. The summed E-state index contributed by atoms with van der Waals surface area (Å²) in [5.41, 5.74) is 6.03. The van der Waals surface area contributed by atoms with Crippen LogP contribution in [0.25, 0.3) is 0 Å². The van der Waals surface area contributed by atoms with Crippen LogP contribution in [0.4, 0.5) is 0 Å². The van der Waals surface area contributed by atoms with Crippen molar-refractivity contribution in [3.8, 4) is 0 Å². The van der Waals surface area contributed by atoms with Crippen LogP contribution in [0.15, 0.2) is 4.99 Å². The number of guanidine groups is 1. The molecule has 0 atom stereocenters. The van der Waals surface area contributed by atoms with E-state index in [0.717, 1.165) is 26.2 Å².